The zero-order valence-corrected chi connectivity index (χ0v) is 18.4. The Morgan fingerprint density at radius 3 is 2.23 bits per heavy atom. The highest BCUT2D eigenvalue weighted by molar-refractivity contribution is 5.95. The van der Waals surface area contributed by atoms with E-state index in [1.54, 1.807) is 24.1 Å². The van der Waals surface area contributed by atoms with Gasteiger partial charge in [-0.15, -0.1) is 10.2 Å². The number of tetrazole rings is 1. The molecule has 3 aromatic rings. The lowest BCUT2D eigenvalue weighted by Gasteiger charge is -2.23. The van der Waals surface area contributed by atoms with Gasteiger partial charge >= 0.3 is 5.97 Å². The number of carbonyl (C=O) groups is 2. The minimum atomic E-state index is -0.446. The maximum Gasteiger partial charge on any atom is 0.337 e. The zero-order valence-electron chi connectivity index (χ0n) is 18.4. The number of methoxy groups -OCH3 is 1. The first-order valence-electron chi connectivity index (χ1n) is 9.99. The van der Waals surface area contributed by atoms with E-state index in [4.69, 9.17) is 4.74 Å². The SMILES string of the molecule is CCN(CC)C(=O)c1ccc(N(C)c2ccc(C(=O)OC)cc2-c2nnn(C)n2)cc1. The quantitative estimate of drug-likeness (QED) is 0.541. The van der Waals surface area contributed by atoms with Gasteiger partial charge in [0.25, 0.3) is 5.91 Å². The molecule has 0 aliphatic carbocycles. The van der Waals surface area contributed by atoms with Crippen molar-refractivity contribution in [1.82, 2.24) is 25.1 Å². The first kappa shape index (κ1) is 21.9. The molecule has 0 aliphatic rings. The largest absolute Gasteiger partial charge is 0.465 e. The van der Waals surface area contributed by atoms with Crippen molar-refractivity contribution < 1.29 is 14.3 Å². The van der Waals surface area contributed by atoms with E-state index in [0.717, 1.165) is 11.4 Å². The molecule has 1 aromatic heterocycles. The molecular weight excluding hydrogens is 396 g/mol. The lowest BCUT2D eigenvalue weighted by Crippen LogP contribution is -2.30. The van der Waals surface area contributed by atoms with Crippen LogP contribution in [0.25, 0.3) is 11.4 Å². The molecule has 0 radical (unpaired) electrons. The summed E-state index contributed by atoms with van der Waals surface area (Å²) in [6, 6.07) is 12.6. The van der Waals surface area contributed by atoms with E-state index >= 15 is 0 Å². The minimum Gasteiger partial charge on any atom is -0.465 e. The number of aryl methyl sites for hydroxylation is 1. The number of anilines is 2. The van der Waals surface area contributed by atoms with Crippen molar-refractivity contribution >= 4 is 23.3 Å². The number of benzene rings is 2. The van der Waals surface area contributed by atoms with Crippen molar-refractivity contribution in [3.05, 3.63) is 53.6 Å². The summed E-state index contributed by atoms with van der Waals surface area (Å²) in [5.74, 6) is -0.0480. The predicted molar refractivity (Wildman–Crippen MR) is 117 cm³/mol. The molecule has 1 heterocycles. The van der Waals surface area contributed by atoms with E-state index in [1.807, 2.05) is 56.1 Å². The van der Waals surface area contributed by atoms with Crippen LogP contribution in [0.5, 0.6) is 0 Å². The standard InChI is InChI=1S/C22H26N6O3/c1-6-28(7-2)21(29)15-8-11-17(12-9-15)26(3)19-13-10-16(22(30)31-5)14-18(19)20-23-25-27(4)24-20/h8-14H,6-7H2,1-5H3. The van der Waals surface area contributed by atoms with Gasteiger partial charge in [0.2, 0.25) is 5.82 Å². The third-order valence-corrected chi connectivity index (χ3v) is 5.08. The van der Waals surface area contributed by atoms with Crippen molar-refractivity contribution in [3.63, 3.8) is 0 Å². The Morgan fingerprint density at radius 2 is 1.68 bits per heavy atom. The lowest BCUT2D eigenvalue weighted by atomic mass is 10.1. The second-order valence-electron chi connectivity index (χ2n) is 6.91. The fraction of sp³-hybridized carbons (Fsp3) is 0.318. The topological polar surface area (TPSA) is 93.5 Å². The number of aromatic nitrogens is 4. The number of ether oxygens (including phenoxy) is 1. The van der Waals surface area contributed by atoms with Crippen molar-refractivity contribution in [2.24, 2.45) is 7.05 Å². The monoisotopic (exact) mass is 422 g/mol. The highest BCUT2D eigenvalue weighted by atomic mass is 16.5. The van der Waals surface area contributed by atoms with E-state index in [0.29, 0.717) is 35.6 Å². The van der Waals surface area contributed by atoms with Gasteiger partial charge in [0.05, 0.1) is 25.4 Å². The van der Waals surface area contributed by atoms with Gasteiger partial charge in [-0.2, -0.15) is 4.80 Å². The van der Waals surface area contributed by atoms with Crippen LogP contribution in [0.1, 0.15) is 34.6 Å². The Morgan fingerprint density at radius 1 is 1.03 bits per heavy atom. The van der Waals surface area contributed by atoms with Gasteiger partial charge in [0.1, 0.15) is 0 Å². The fourth-order valence-electron chi connectivity index (χ4n) is 3.30. The molecule has 0 saturated heterocycles. The molecule has 3 rings (SSSR count). The Kier molecular flexibility index (Phi) is 6.64. The molecule has 0 spiro atoms. The van der Waals surface area contributed by atoms with Gasteiger partial charge in [0.15, 0.2) is 0 Å². The second-order valence-corrected chi connectivity index (χ2v) is 6.91. The first-order valence-corrected chi connectivity index (χ1v) is 9.99. The molecule has 0 bridgehead atoms. The Bertz CT molecular complexity index is 1070. The lowest BCUT2D eigenvalue weighted by molar-refractivity contribution is 0.0600. The highest BCUT2D eigenvalue weighted by Gasteiger charge is 2.19. The van der Waals surface area contributed by atoms with Gasteiger partial charge in [0, 0.05) is 37.0 Å². The number of hydrogen-bond acceptors (Lipinski definition) is 7. The van der Waals surface area contributed by atoms with Crippen molar-refractivity contribution in [2.75, 3.05) is 32.1 Å². The maximum atomic E-state index is 12.6. The number of nitrogens with zero attached hydrogens (tertiary/aromatic N) is 6. The van der Waals surface area contributed by atoms with Crippen LogP contribution in [0.2, 0.25) is 0 Å². The molecule has 0 atom stereocenters. The summed E-state index contributed by atoms with van der Waals surface area (Å²) in [5.41, 5.74) is 3.32. The molecule has 9 heteroatoms. The van der Waals surface area contributed by atoms with Gasteiger partial charge in [-0.3, -0.25) is 4.79 Å². The van der Waals surface area contributed by atoms with Crippen molar-refractivity contribution in [3.8, 4) is 11.4 Å². The number of amides is 1. The van der Waals surface area contributed by atoms with E-state index in [9.17, 15) is 9.59 Å². The number of rotatable bonds is 7. The Balaban J connectivity index is 1.98. The van der Waals surface area contributed by atoms with E-state index in [2.05, 4.69) is 15.4 Å². The molecule has 31 heavy (non-hydrogen) atoms. The normalized spacial score (nSPS) is 10.6. The smallest absolute Gasteiger partial charge is 0.337 e. The summed E-state index contributed by atoms with van der Waals surface area (Å²) in [6.07, 6.45) is 0. The van der Waals surface area contributed by atoms with Crippen LogP contribution in [0.15, 0.2) is 42.5 Å². The van der Waals surface area contributed by atoms with Crippen LogP contribution >= 0.6 is 0 Å². The summed E-state index contributed by atoms with van der Waals surface area (Å²) in [7, 11) is 4.91. The van der Waals surface area contributed by atoms with Crippen molar-refractivity contribution in [2.45, 2.75) is 13.8 Å². The Hall–Kier alpha value is -3.75. The fourth-order valence-corrected chi connectivity index (χ4v) is 3.30. The number of hydrogen-bond donors (Lipinski definition) is 0. The summed E-state index contributed by atoms with van der Waals surface area (Å²) >= 11 is 0. The minimum absolute atomic E-state index is 0.00563. The predicted octanol–water partition coefficient (Wildman–Crippen LogP) is 2.91. The van der Waals surface area contributed by atoms with Crippen LogP contribution in [0, 0.1) is 0 Å². The summed E-state index contributed by atoms with van der Waals surface area (Å²) < 4.78 is 4.84. The third kappa shape index (κ3) is 4.55. The van der Waals surface area contributed by atoms with Gasteiger partial charge < -0.3 is 14.5 Å². The summed E-state index contributed by atoms with van der Waals surface area (Å²) in [4.78, 5) is 29.7. The van der Waals surface area contributed by atoms with Crippen LogP contribution in [-0.4, -0.2) is 64.2 Å². The maximum absolute atomic E-state index is 12.6. The Labute approximate surface area is 181 Å². The molecular formula is C22H26N6O3. The average Bonchev–Trinajstić information content (AvgIpc) is 3.24. The summed E-state index contributed by atoms with van der Waals surface area (Å²) in [6.45, 7) is 5.25. The molecule has 0 unspecified atom stereocenters. The highest BCUT2D eigenvalue weighted by Crippen LogP contribution is 2.33. The zero-order chi connectivity index (χ0) is 22.5. The number of carbonyl (C=O) groups excluding carboxylic acids is 2. The molecule has 1 amide bonds. The molecule has 0 aliphatic heterocycles. The van der Waals surface area contributed by atoms with Gasteiger partial charge in [-0.25, -0.2) is 4.79 Å². The average molecular weight is 422 g/mol. The molecule has 9 nitrogen and oxygen atoms in total. The number of esters is 1. The van der Waals surface area contributed by atoms with E-state index < -0.39 is 5.97 Å². The molecule has 2 aromatic carbocycles. The molecule has 0 fully saturated rings. The first-order chi connectivity index (χ1) is 14.9. The van der Waals surface area contributed by atoms with Crippen molar-refractivity contribution in [1.29, 1.82) is 0 Å². The second kappa shape index (κ2) is 9.38. The molecule has 0 N–H and O–H groups in total. The van der Waals surface area contributed by atoms with Gasteiger partial charge in [-0.1, -0.05) is 0 Å². The van der Waals surface area contributed by atoms with Gasteiger partial charge in [-0.05, 0) is 61.5 Å². The van der Waals surface area contributed by atoms with Crippen LogP contribution in [-0.2, 0) is 11.8 Å². The van der Waals surface area contributed by atoms with E-state index in [-0.39, 0.29) is 5.91 Å². The van der Waals surface area contributed by atoms with Crippen LogP contribution in [0.3, 0.4) is 0 Å². The molecule has 162 valence electrons. The summed E-state index contributed by atoms with van der Waals surface area (Å²) in [5, 5.41) is 12.3. The van der Waals surface area contributed by atoms with Crippen LogP contribution < -0.4 is 4.90 Å². The third-order valence-electron chi connectivity index (χ3n) is 5.08. The molecule has 0 saturated carbocycles. The van der Waals surface area contributed by atoms with E-state index in [1.165, 1.54) is 11.9 Å². The van der Waals surface area contributed by atoms with Crippen LogP contribution in [0.4, 0.5) is 11.4 Å².